The average molecular weight is 270 g/mol. The number of hydrogen-bond donors (Lipinski definition) is 0. The van der Waals surface area contributed by atoms with Crippen LogP contribution in [-0.4, -0.2) is 13.1 Å². The lowest BCUT2D eigenvalue weighted by Gasteiger charge is -2.12. The van der Waals surface area contributed by atoms with Gasteiger partial charge in [0.1, 0.15) is 5.02 Å². The Labute approximate surface area is 102 Å². The molecule has 0 amide bonds. The molecule has 0 atom stereocenters. The molecule has 0 fully saturated rings. The molecule has 0 bridgehead atoms. The van der Waals surface area contributed by atoms with Crippen molar-refractivity contribution in [2.24, 2.45) is 0 Å². The van der Waals surface area contributed by atoms with Gasteiger partial charge < -0.3 is 9.47 Å². The molecule has 1 rings (SSSR count). The molecule has 0 saturated heterocycles. The molecule has 3 nitrogen and oxygen atoms in total. The number of benzene rings is 1. The zero-order valence-electron chi connectivity index (χ0n) is 7.94. The molecule has 82 valence electrons. The molecular formula is C9H7Cl3O3. The van der Waals surface area contributed by atoms with E-state index in [0.717, 1.165) is 0 Å². The molecule has 0 spiro atoms. The van der Waals surface area contributed by atoms with Crippen molar-refractivity contribution >= 4 is 40.8 Å². The highest BCUT2D eigenvalue weighted by molar-refractivity contribution is 6.44. The van der Waals surface area contributed by atoms with Crippen LogP contribution in [0.1, 0.15) is 6.92 Å². The number of rotatable bonds is 2. The van der Waals surface area contributed by atoms with E-state index < -0.39 is 5.97 Å². The predicted octanol–water partition coefficient (Wildman–Crippen LogP) is 3.58. The van der Waals surface area contributed by atoms with Gasteiger partial charge in [-0.25, -0.2) is 0 Å². The first-order chi connectivity index (χ1) is 6.97. The van der Waals surface area contributed by atoms with E-state index >= 15 is 0 Å². The van der Waals surface area contributed by atoms with E-state index in [9.17, 15) is 4.79 Å². The molecule has 1 aromatic rings. The number of methoxy groups -OCH3 is 1. The molecule has 0 aromatic heterocycles. The minimum Gasteiger partial charge on any atom is -0.491 e. The van der Waals surface area contributed by atoms with Crippen LogP contribution < -0.4 is 9.47 Å². The number of halogens is 3. The van der Waals surface area contributed by atoms with Crippen molar-refractivity contribution in [3.63, 3.8) is 0 Å². The highest BCUT2D eigenvalue weighted by Gasteiger charge is 2.18. The summed E-state index contributed by atoms with van der Waals surface area (Å²) in [6.07, 6.45) is 0. The number of ether oxygens (including phenoxy) is 2. The van der Waals surface area contributed by atoms with Crippen LogP contribution in [-0.2, 0) is 4.79 Å². The average Bonchev–Trinajstić information content (AvgIpc) is 2.13. The normalized spacial score (nSPS) is 9.93. The molecular weight excluding hydrogens is 262 g/mol. The summed E-state index contributed by atoms with van der Waals surface area (Å²) in [5, 5.41) is 0.509. The molecule has 0 saturated carbocycles. The van der Waals surface area contributed by atoms with E-state index in [1.807, 2.05) is 0 Å². The highest BCUT2D eigenvalue weighted by atomic mass is 35.5. The monoisotopic (exact) mass is 268 g/mol. The summed E-state index contributed by atoms with van der Waals surface area (Å²) >= 11 is 17.4. The predicted molar refractivity (Wildman–Crippen MR) is 59.3 cm³/mol. The fourth-order valence-electron chi connectivity index (χ4n) is 0.982. The van der Waals surface area contributed by atoms with E-state index in [1.165, 1.54) is 20.1 Å². The van der Waals surface area contributed by atoms with Crippen LogP contribution in [0.15, 0.2) is 6.07 Å². The maximum absolute atomic E-state index is 10.8. The topological polar surface area (TPSA) is 35.5 Å². The van der Waals surface area contributed by atoms with Gasteiger partial charge in [0.05, 0.1) is 17.2 Å². The summed E-state index contributed by atoms with van der Waals surface area (Å²) in [7, 11) is 1.39. The number of esters is 1. The van der Waals surface area contributed by atoms with Gasteiger partial charge in [-0.3, -0.25) is 4.79 Å². The Morgan fingerprint density at radius 1 is 1.20 bits per heavy atom. The molecule has 15 heavy (non-hydrogen) atoms. The van der Waals surface area contributed by atoms with Crippen LogP contribution in [0.25, 0.3) is 0 Å². The SMILES string of the molecule is COc1c(Cl)cc(Cl)c(Cl)c1OC(C)=O. The second-order valence-electron chi connectivity index (χ2n) is 2.61. The molecule has 0 unspecified atom stereocenters. The standard InChI is InChI=1S/C9H7Cl3O3/c1-4(13)15-9-7(12)5(10)3-6(11)8(9)14-2/h3H,1-2H3. The second kappa shape index (κ2) is 4.92. The Morgan fingerprint density at radius 3 is 2.27 bits per heavy atom. The summed E-state index contributed by atoms with van der Waals surface area (Å²) in [5.74, 6) is -0.320. The van der Waals surface area contributed by atoms with Crippen LogP contribution in [0.4, 0.5) is 0 Å². The highest BCUT2D eigenvalue weighted by Crippen LogP contribution is 2.44. The molecule has 0 aliphatic heterocycles. The van der Waals surface area contributed by atoms with Gasteiger partial charge in [0.15, 0.2) is 11.5 Å². The van der Waals surface area contributed by atoms with E-state index in [2.05, 4.69) is 0 Å². The van der Waals surface area contributed by atoms with Gasteiger partial charge in [-0.15, -0.1) is 0 Å². The van der Waals surface area contributed by atoms with Gasteiger partial charge in [0.2, 0.25) is 0 Å². The molecule has 0 radical (unpaired) electrons. The van der Waals surface area contributed by atoms with Crippen LogP contribution in [0, 0.1) is 0 Å². The third-order valence-electron chi connectivity index (χ3n) is 1.54. The lowest BCUT2D eigenvalue weighted by molar-refractivity contribution is -0.132. The minimum absolute atomic E-state index is 0.0316. The zero-order chi connectivity index (χ0) is 11.6. The van der Waals surface area contributed by atoms with Crippen LogP contribution in [0.5, 0.6) is 11.5 Å². The lowest BCUT2D eigenvalue weighted by Crippen LogP contribution is -2.04. The Balaban J connectivity index is 3.36. The van der Waals surface area contributed by atoms with Crippen molar-refractivity contribution in [2.75, 3.05) is 7.11 Å². The van der Waals surface area contributed by atoms with E-state index in [1.54, 1.807) is 0 Å². The van der Waals surface area contributed by atoms with Gasteiger partial charge >= 0.3 is 5.97 Å². The summed E-state index contributed by atoms with van der Waals surface area (Å²) in [6, 6.07) is 1.41. The van der Waals surface area contributed by atoms with E-state index in [4.69, 9.17) is 44.3 Å². The molecule has 1 aromatic carbocycles. The summed E-state index contributed by atoms with van der Waals surface area (Å²) in [4.78, 5) is 10.8. The molecule has 0 aliphatic carbocycles. The minimum atomic E-state index is -0.534. The fourth-order valence-corrected chi connectivity index (χ4v) is 1.68. The quantitative estimate of drug-likeness (QED) is 0.468. The summed E-state index contributed by atoms with van der Waals surface area (Å²) < 4.78 is 9.82. The van der Waals surface area contributed by atoms with Crippen LogP contribution in [0.2, 0.25) is 15.1 Å². The van der Waals surface area contributed by atoms with Crippen molar-refractivity contribution in [1.82, 2.24) is 0 Å². The lowest BCUT2D eigenvalue weighted by atomic mass is 10.3. The molecule has 6 heteroatoms. The van der Waals surface area contributed by atoms with E-state index in [-0.39, 0.29) is 26.6 Å². The smallest absolute Gasteiger partial charge is 0.308 e. The van der Waals surface area contributed by atoms with Crippen molar-refractivity contribution < 1.29 is 14.3 Å². The summed E-state index contributed by atoms with van der Waals surface area (Å²) in [6.45, 7) is 1.24. The third-order valence-corrected chi connectivity index (χ3v) is 2.59. The van der Waals surface area contributed by atoms with Crippen LogP contribution in [0.3, 0.4) is 0 Å². The second-order valence-corrected chi connectivity index (χ2v) is 3.80. The maximum atomic E-state index is 10.8. The summed E-state index contributed by atoms with van der Waals surface area (Å²) in [5.41, 5.74) is 0. The van der Waals surface area contributed by atoms with Crippen molar-refractivity contribution in [2.45, 2.75) is 6.92 Å². The molecule has 0 heterocycles. The fraction of sp³-hybridized carbons (Fsp3) is 0.222. The number of carbonyl (C=O) groups excluding carboxylic acids is 1. The number of hydrogen-bond acceptors (Lipinski definition) is 3. The number of carbonyl (C=O) groups is 1. The Bertz CT molecular complexity index is 404. The molecule has 0 N–H and O–H groups in total. The van der Waals surface area contributed by atoms with Gasteiger partial charge in [-0.1, -0.05) is 34.8 Å². The van der Waals surface area contributed by atoms with Crippen molar-refractivity contribution in [1.29, 1.82) is 0 Å². The first-order valence-corrected chi connectivity index (χ1v) is 5.00. The van der Waals surface area contributed by atoms with Gasteiger partial charge in [0, 0.05) is 6.92 Å². The van der Waals surface area contributed by atoms with Crippen molar-refractivity contribution in [3.8, 4) is 11.5 Å². The maximum Gasteiger partial charge on any atom is 0.308 e. The Kier molecular flexibility index (Phi) is 4.08. The zero-order valence-corrected chi connectivity index (χ0v) is 10.2. The van der Waals surface area contributed by atoms with Crippen LogP contribution >= 0.6 is 34.8 Å². The Hall–Kier alpha value is -0.640. The van der Waals surface area contributed by atoms with E-state index in [0.29, 0.717) is 0 Å². The van der Waals surface area contributed by atoms with Crippen molar-refractivity contribution in [3.05, 3.63) is 21.1 Å². The van der Waals surface area contributed by atoms with Gasteiger partial charge in [-0.05, 0) is 6.07 Å². The molecule has 0 aliphatic rings. The first kappa shape index (κ1) is 12.4. The Morgan fingerprint density at radius 2 is 1.80 bits per heavy atom. The van der Waals surface area contributed by atoms with Gasteiger partial charge in [-0.2, -0.15) is 0 Å². The largest absolute Gasteiger partial charge is 0.491 e. The first-order valence-electron chi connectivity index (χ1n) is 3.87. The van der Waals surface area contributed by atoms with Gasteiger partial charge in [0.25, 0.3) is 0 Å². The third kappa shape index (κ3) is 2.68.